The van der Waals surface area contributed by atoms with Gasteiger partial charge >= 0.3 is 0 Å². The SMILES string of the molecule is C[S+](C[C@H]1O[C@@H](n2cnc3c(N)ncnc32)[C@H](O)[C@@H]1O)[C@@H]1C=C[C@@H](O[NH3+])C1. The molecule has 2 aromatic heterocycles. The van der Waals surface area contributed by atoms with Gasteiger partial charge in [0.25, 0.3) is 0 Å². The van der Waals surface area contributed by atoms with Gasteiger partial charge in [0.2, 0.25) is 0 Å². The van der Waals surface area contributed by atoms with E-state index in [0.29, 0.717) is 22.2 Å². The number of nitrogens with two attached hydrogens (primary N) is 1. The van der Waals surface area contributed by atoms with Crippen LogP contribution < -0.4 is 11.6 Å². The molecule has 1 saturated heterocycles. The van der Waals surface area contributed by atoms with Crippen LogP contribution >= 0.6 is 0 Å². The maximum absolute atomic E-state index is 10.5. The molecule has 0 saturated carbocycles. The molecule has 2 aromatic rings. The molecule has 7 atom stereocenters. The molecule has 1 unspecified atom stereocenters. The Kier molecular flexibility index (Phi) is 5.05. The summed E-state index contributed by atoms with van der Waals surface area (Å²) in [6.45, 7) is 0. The molecule has 27 heavy (non-hydrogen) atoms. The molecule has 7 N–H and O–H groups in total. The minimum atomic E-state index is -1.09. The third kappa shape index (κ3) is 3.30. The molecule has 0 aromatic carbocycles. The second kappa shape index (κ2) is 7.34. The van der Waals surface area contributed by atoms with Crippen molar-refractivity contribution in [3.8, 4) is 0 Å². The zero-order valence-corrected chi connectivity index (χ0v) is 15.7. The number of fused-ring (bicyclic) bond motifs is 1. The molecule has 146 valence electrons. The minimum Gasteiger partial charge on any atom is -0.387 e. The number of hydrogen-bond acceptors (Lipinski definition) is 8. The number of anilines is 1. The van der Waals surface area contributed by atoms with Gasteiger partial charge in [-0.3, -0.25) is 4.57 Å². The highest BCUT2D eigenvalue weighted by Gasteiger charge is 2.48. The fraction of sp³-hybridized carbons (Fsp3) is 0.562. The summed E-state index contributed by atoms with van der Waals surface area (Å²) < 4.78 is 7.62. The van der Waals surface area contributed by atoms with Crippen LogP contribution in [-0.2, 0) is 20.5 Å². The van der Waals surface area contributed by atoms with Crippen molar-refractivity contribution in [1.29, 1.82) is 0 Å². The first-order chi connectivity index (χ1) is 13.0. The Morgan fingerprint density at radius 2 is 2.15 bits per heavy atom. The van der Waals surface area contributed by atoms with Gasteiger partial charge in [0, 0.05) is 6.42 Å². The van der Waals surface area contributed by atoms with E-state index < -0.39 is 24.5 Å². The van der Waals surface area contributed by atoms with Crippen LogP contribution in [0.4, 0.5) is 5.82 Å². The van der Waals surface area contributed by atoms with E-state index in [1.165, 1.54) is 12.7 Å². The zero-order chi connectivity index (χ0) is 19.1. The van der Waals surface area contributed by atoms with E-state index in [4.69, 9.17) is 15.3 Å². The maximum Gasteiger partial charge on any atom is 0.167 e. The largest absolute Gasteiger partial charge is 0.387 e. The number of hydrogen-bond donors (Lipinski definition) is 4. The summed E-state index contributed by atoms with van der Waals surface area (Å²) in [4.78, 5) is 17.4. The molecule has 4 rings (SSSR count). The molecule has 0 spiro atoms. The number of rotatable bonds is 5. The minimum absolute atomic E-state index is 0.0418. The van der Waals surface area contributed by atoms with Gasteiger partial charge in [-0.2, -0.15) is 0 Å². The number of aliphatic hydroxyl groups excluding tert-OH is 2. The molecule has 1 aliphatic carbocycles. The molecule has 0 radical (unpaired) electrons. The fourth-order valence-corrected chi connectivity index (χ4v) is 5.51. The highest BCUT2D eigenvalue weighted by Crippen LogP contribution is 2.33. The van der Waals surface area contributed by atoms with Gasteiger partial charge in [-0.15, -0.1) is 0 Å². The van der Waals surface area contributed by atoms with Crippen LogP contribution in [0.3, 0.4) is 0 Å². The standard InChI is InChI=1S/C16H24N6O4S/c1-27(9-3-2-8(4-9)26-18)5-10-12(23)13(24)16(25-10)22-7-21-11-14(17)19-6-20-15(11)22/h2-3,6-10,12-13,16,23-24H,4-5H2,1,18H3,(H2,17,19,20)/q+2/t8-,9-,10-,12-,13-,16-,27?/m1/s1. The Bertz CT molecular complexity index is 847. The quantitative estimate of drug-likeness (QED) is 0.261. The van der Waals surface area contributed by atoms with E-state index in [1.54, 1.807) is 4.57 Å². The predicted molar refractivity (Wildman–Crippen MR) is 99.1 cm³/mol. The molecule has 1 aliphatic heterocycles. The van der Waals surface area contributed by atoms with Crippen molar-refractivity contribution in [2.24, 2.45) is 0 Å². The highest BCUT2D eigenvalue weighted by molar-refractivity contribution is 7.97. The third-order valence-corrected chi connectivity index (χ3v) is 7.40. The average Bonchev–Trinajstić information content (AvgIpc) is 3.36. The number of nitrogen functional groups attached to an aromatic ring is 1. The van der Waals surface area contributed by atoms with Crippen molar-refractivity contribution in [3.63, 3.8) is 0 Å². The smallest absolute Gasteiger partial charge is 0.167 e. The number of aliphatic hydroxyl groups is 2. The molecule has 0 bridgehead atoms. The summed E-state index contributed by atoms with van der Waals surface area (Å²) in [7, 11) is -0.0468. The Morgan fingerprint density at radius 3 is 2.89 bits per heavy atom. The molecule has 3 heterocycles. The van der Waals surface area contributed by atoms with Crippen LogP contribution in [0.5, 0.6) is 0 Å². The second-order valence-corrected chi connectivity index (χ2v) is 9.17. The molecular formula is C16H24N6O4S+2. The lowest BCUT2D eigenvalue weighted by Gasteiger charge is -2.17. The summed E-state index contributed by atoms with van der Waals surface area (Å²) >= 11 is 0. The fourth-order valence-electron chi connectivity index (χ4n) is 3.59. The lowest BCUT2D eigenvalue weighted by Crippen LogP contribution is -2.52. The summed E-state index contributed by atoms with van der Waals surface area (Å²) in [5.41, 5.74) is 6.72. The van der Waals surface area contributed by atoms with Crippen LogP contribution in [0.15, 0.2) is 24.8 Å². The number of aromatic nitrogens is 4. The Hall–Kier alpha value is -1.76. The Morgan fingerprint density at radius 1 is 1.33 bits per heavy atom. The monoisotopic (exact) mass is 396 g/mol. The summed E-state index contributed by atoms with van der Waals surface area (Å²) in [5, 5.41) is 21.4. The van der Waals surface area contributed by atoms with E-state index in [2.05, 4.69) is 33.2 Å². The number of imidazole rings is 1. The predicted octanol–water partition coefficient (Wildman–Crippen LogP) is -1.85. The van der Waals surface area contributed by atoms with Gasteiger partial charge in [-0.05, 0) is 23.0 Å². The normalized spacial score (nSPS) is 34.5. The average molecular weight is 396 g/mol. The van der Waals surface area contributed by atoms with Gasteiger partial charge in [0.05, 0.1) is 12.6 Å². The summed E-state index contributed by atoms with van der Waals surface area (Å²) in [5.74, 6) is 4.38. The zero-order valence-electron chi connectivity index (χ0n) is 14.9. The number of nitrogens with zero attached hydrogens (tertiary/aromatic N) is 4. The topological polar surface area (TPSA) is 156 Å². The number of quaternary nitrogens is 1. The van der Waals surface area contributed by atoms with Crippen molar-refractivity contribution < 1.29 is 25.7 Å². The van der Waals surface area contributed by atoms with Gasteiger partial charge in [0.15, 0.2) is 17.7 Å². The Labute approximate surface area is 158 Å². The van der Waals surface area contributed by atoms with Crippen molar-refractivity contribution >= 4 is 27.9 Å². The second-order valence-electron chi connectivity index (χ2n) is 6.85. The molecule has 1 fully saturated rings. The van der Waals surface area contributed by atoms with Crippen LogP contribution in [0.25, 0.3) is 11.2 Å². The molecular weight excluding hydrogens is 372 g/mol. The van der Waals surface area contributed by atoms with Crippen molar-refractivity contribution in [2.75, 3.05) is 17.7 Å². The van der Waals surface area contributed by atoms with Gasteiger partial charge in [-0.1, -0.05) is 0 Å². The number of ether oxygens (including phenoxy) is 1. The van der Waals surface area contributed by atoms with E-state index in [9.17, 15) is 10.2 Å². The summed E-state index contributed by atoms with van der Waals surface area (Å²) in [6, 6.07) is 0. The van der Waals surface area contributed by atoms with Crippen molar-refractivity contribution in [1.82, 2.24) is 19.5 Å². The Balaban J connectivity index is 1.49. The van der Waals surface area contributed by atoms with Crippen LogP contribution in [0, 0.1) is 0 Å². The van der Waals surface area contributed by atoms with Gasteiger partial charge < -0.3 is 20.7 Å². The first-order valence-corrected chi connectivity index (χ1v) is 10.5. The van der Waals surface area contributed by atoms with E-state index in [-0.39, 0.29) is 22.8 Å². The first kappa shape index (κ1) is 18.6. The van der Waals surface area contributed by atoms with Crippen LogP contribution in [-0.4, -0.2) is 71.4 Å². The molecule has 2 aliphatic rings. The van der Waals surface area contributed by atoms with Crippen LogP contribution in [0.1, 0.15) is 12.6 Å². The molecule has 0 amide bonds. The highest BCUT2D eigenvalue weighted by atomic mass is 32.2. The van der Waals surface area contributed by atoms with E-state index in [1.807, 2.05) is 6.08 Å². The lowest BCUT2D eigenvalue weighted by atomic mass is 10.1. The first-order valence-electron chi connectivity index (χ1n) is 8.64. The van der Waals surface area contributed by atoms with Gasteiger partial charge in [0.1, 0.15) is 47.3 Å². The molecule has 11 heteroatoms. The molecule has 10 nitrogen and oxygen atoms in total. The van der Waals surface area contributed by atoms with Gasteiger partial charge in [-0.25, -0.2) is 25.7 Å². The van der Waals surface area contributed by atoms with E-state index in [0.717, 1.165) is 6.42 Å². The van der Waals surface area contributed by atoms with Crippen molar-refractivity contribution in [2.45, 2.75) is 42.3 Å². The third-order valence-electron chi connectivity index (χ3n) is 5.16. The maximum atomic E-state index is 10.5. The van der Waals surface area contributed by atoms with Crippen molar-refractivity contribution in [3.05, 3.63) is 24.8 Å². The van der Waals surface area contributed by atoms with Crippen LogP contribution in [0.2, 0.25) is 0 Å². The summed E-state index contributed by atoms with van der Waals surface area (Å²) in [6.07, 6.45) is 6.70. The lowest BCUT2D eigenvalue weighted by molar-refractivity contribution is -0.698. The van der Waals surface area contributed by atoms with E-state index >= 15 is 0 Å².